The quantitative estimate of drug-likeness (QED) is 0.0967. The number of nitrogens with one attached hydrogen (secondary N) is 4. The summed E-state index contributed by atoms with van der Waals surface area (Å²) < 4.78 is 15.1. The summed E-state index contributed by atoms with van der Waals surface area (Å²) >= 11 is 0. The summed E-state index contributed by atoms with van der Waals surface area (Å²) in [5, 5.41) is 13.4. The molecule has 0 rings (SSSR count). The topological polar surface area (TPSA) is 183 Å². The normalized spacial score (nSPS) is 10.7. The number of hydrogen-bond donors (Lipinski definition) is 4. The Labute approximate surface area is 204 Å². The summed E-state index contributed by atoms with van der Waals surface area (Å²) in [4.78, 5) is 62.4. The lowest BCUT2D eigenvalue weighted by Crippen LogP contribution is -2.50. The molecule has 0 aliphatic heterocycles. The van der Waals surface area contributed by atoms with E-state index in [1.807, 2.05) is 0 Å². The molecule has 0 saturated carbocycles. The molecule has 200 valence electrons. The standard InChI is InChI=1S/C21H37N5O9/c1-16(27)14-25-35-15-17(28)26-21(8-5-11-32-18(29)22-2,9-6-12-33-19(30)23-3)10-7-13-34-20(31)24-4/h14H,5-13,15H2,1-4H3,(H,22,29)(H,23,30)(H,24,31)(H,26,28)/b25-14-. The minimum absolute atomic E-state index is 0.111. The maximum absolute atomic E-state index is 12.6. The predicted octanol–water partition coefficient (Wildman–Crippen LogP) is 0.841. The SMILES string of the molecule is CNC(=O)OCCCC(CCCOC(=O)NC)(CCCOC(=O)NC)NC(=O)CO/N=C\C(C)=O. The number of nitrogens with zero attached hydrogens (tertiary/aromatic N) is 1. The highest BCUT2D eigenvalue weighted by molar-refractivity contribution is 6.26. The van der Waals surface area contributed by atoms with Gasteiger partial charge in [-0.05, 0) is 38.5 Å². The number of oxime groups is 1. The molecule has 0 aliphatic rings. The molecule has 0 bridgehead atoms. The number of ether oxygens (including phenoxy) is 3. The second-order valence-corrected chi connectivity index (χ2v) is 7.42. The van der Waals surface area contributed by atoms with E-state index >= 15 is 0 Å². The van der Waals surface area contributed by atoms with Crippen LogP contribution in [0.25, 0.3) is 0 Å². The number of carbonyl (C=O) groups is 5. The first-order chi connectivity index (χ1) is 16.7. The largest absolute Gasteiger partial charge is 0.450 e. The van der Waals surface area contributed by atoms with Crippen molar-refractivity contribution < 1.29 is 43.0 Å². The van der Waals surface area contributed by atoms with Crippen LogP contribution in [0.3, 0.4) is 0 Å². The van der Waals surface area contributed by atoms with Crippen LogP contribution in [0.4, 0.5) is 14.4 Å². The minimum atomic E-state index is -0.811. The molecule has 0 radical (unpaired) electrons. The Morgan fingerprint density at radius 2 is 1.14 bits per heavy atom. The van der Waals surface area contributed by atoms with Crippen LogP contribution >= 0.6 is 0 Å². The lowest BCUT2D eigenvalue weighted by molar-refractivity contribution is -0.128. The number of rotatable bonds is 17. The molecule has 0 heterocycles. The van der Waals surface area contributed by atoms with Gasteiger partial charge in [0.25, 0.3) is 5.91 Å². The fourth-order valence-corrected chi connectivity index (χ4v) is 3.04. The molecule has 0 aliphatic carbocycles. The van der Waals surface area contributed by atoms with Crippen molar-refractivity contribution in [3.8, 4) is 0 Å². The van der Waals surface area contributed by atoms with Crippen molar-refractivity contribution in [2.45, 2.75) is 51.0 Å². The van der Waals surface area contributed by atoms with E-state index in [1.165, 1.54) is 28.1 Å². The third kappa shape index (κ3) is 16.6. The molecule has 4 N–H and O–H groups in total. The Bertz CT molecular complexity index is 655. The van der Waals surface area contributed by atoms with Crippen molar-refractivity contribution in [2.24, 2.45) is 5.16 Å². The van der Waals surface area contributed by atoms with Gasteiger partial charge in [0.05, 0.1) is 19.8 Å². The molecule has 14 nitrogen and oxygen atoms in total. The molecule has 35 heavy (non-hydrogen) atoms. The lowest BCUT2D eigenvalue weighted by atomic mass is 9.83. The zero-order chi connectivity index (χ0) is 26.5. The maximum atomic E-state index is 12.6. The van der Waals surface area contributed by atoms with Gasteiger partial charge >= 0.3 is 18.3 Å². The average Bonchev–Trinajstić information content (AvgIpc) is 2.84. The summed E-state index contributed by atoms with van der Waals surface area (Å²) in [6.07, 6.45) is 1.71. The highest BCUT2D eigenvalue weighted by atomic mass is 16.6. The molecule has 0 saturated heterocycles. The van der Waals surface area contributed by atoms with Gasteiger partial charge < -0.3 is 40.3 Å². The van der Waals surface area contributed by atoms with Gasteiger partial charge in [-0.1, -0.05) is 5.16 Å². The van der Waals surface area contributed by atoms with Crippen molar-refractivity contribution in [3.05, 3.63) is 0 Å². The van der Waals surface area contributed by atoms with Gasteiger partial charge in [-0.2, -0.15) is 0 Å². The van der Waals surface area contributed by atoms with Gasteiger partial charge in [-0.25, -0.2) is 14.4 Å². The smallest absolute Gasteiger partial charge is 0.406 e. The van der Waals surface area contributed by atoms with Crippen LogP contribution in [0.2, 0.25) is 0 Å². The van der Waals surface area contributed by atoms with Crippen LogP contribution in [0, 0.1) is 0 Å². The van der Waals surface area contributed by atoms with Crippen LogP contribution in [-0.4, -0.2) is 89.3 Å². The monoisotopic (exact) mass is 503 g/mol. The molecule has 0 aromatic heterocycles. The number of ketones is 1. The zero-order valence-corrected chi connectivity index (χ0v) is 20.8. The zero-order valence-electron chi connectivity index (χ0n) is 20.8. The summed E-state index contributed by atoms with van der Waals surface area (Å²) in [5.41, 5.74) is -0.811. The Morgan fingerprint density at radius 1 is 0.743 bits per heavy atom. The molecule has 0 spiro atoms. The summed E-state index contributed by atoms with van der Waals surface area (Å²) in [6, 6.07) is 0. The van der Waals surface area contributed by atoms with E-state index < -0.39 is 36.3 Å². The Morgan fingerprint density at radius 3 is 1.49 bits per heavy atom. The Hall–Kier alpha value is -3.58. The molecule has 14 heteroatoms. The molecule has 4 amide bonds. The average molecular weight is 504 g/mol. The molecular formula is C21H37N5O9. The van der Waals surface area contributed by atoms with Crippen molar-refractivity contribution in [1.82, 2.24) is 21.3 Å². The van der Waals surface area contributed by atoms with Crippen molar-refractivity contribution in [1.29, 1.82) is 0 Å². The fourth-order valence-electron chi connectivity index (χ4n) is 3.04. The fraction of sp³-hybridized carbons (Fsp3) is 0.714. The summed E-state index contributed by atoms with van der Waals surface area (Å²) in [5.74, 6) is -0.819. The third-order valence-corrected chi connectivity index (χ3v) is 4.62. The summed E-state index contributed by atoms with van der Waals surface area (Å²) in [7, 11) is 4.33. The van der Waals surface area contributed by atoms with Crippen molar-refractivity contribution in [3.63, 3.8) is 0 Å². The lowest BCUT2D eigenvalue weighted by Gasteiger charge is -2.35. The van der Waals surface area contributed by atoms with Crippen LogP contribution in [0.1, 0.15) is 45.4 Å². The van der Waals surface area contributed by atoms with Gasteiger partial charge in [0, 0.05) is 33.6 Å². The predicted molar refractivity (Wildman–Crippen MR) is 125 cm³/mol. The van der Waals surface area contributed by atoms with Gasteiger partial charge in [0.2, 0.25) is 0 Å². The van der Waals surface area contributed by atoms with Crippen LogP contribution in [0.5, 0.6) is 0 Å². The molecule has 0 aromatic rings. The number of alkyl carbamates (subject to hydrolysis) is 3. The van der Waals surface area contributed by atoms with E-state index in [1.54, 1.807) is 0 Å². The molecule has 0 unspecified atom stereocenters. The van der Waals surface area contributed by atoms with E-state index in [-0.39, 0.29) is 25.6 Å². The van der Waals surface area contributed by atoms with Crippen LogP contribution < -0.4 is 21.3 Å². The number of Topliss-reactive ketones (excluding diaryl/α,β-unsaturated/α-hetero) is 1. The van der Waals surface area contributed by atoms with E-state index in [0.29, 0.717) is 38.5 Å². The second-order valence-electron chi connectivity index (χ2n) is 7.42. The Kier molecular flexibility index (Phi) is 16.9. The number of amides is 4. The van der Waals surface area contributed by atoms with Crippen LogP contribution in [0.15, 0.2) is 5.16 Å². The van der Waals surface area contributed by atoms with Gasteiger partial charge in [0.15, 0.2) is 12.4 Å². The molecule has 0 atom stereocenters. The van der Waals surface area contributed by atoms with E-state index in [4.69, 9.17) is 19.0 Å². The van der Waals surface area contributed by atoms with E-state index in [2.05, 4.69) is 26.4 Å². The highest BCUT2D eigenvalue weighted by Gasteiger charge is 2.31. The van der Waals surface area contributed by atoms with Gasteiger partial charge in [-0.15, -0.1) is 0 Å². The van der Waals surface area contributed by atoms with E-state index in [9.17, 15) is 24.0 Å². The van der Waals surface area contributed by atoms with Crippen molar-refractivity contribution in [2.75, 3.05) is 47.6 Å². The first-order valence-electron chi connectivity index (χ1n) is 11.2. The van der Waals surface area contributed by atoms with Gasteiger partial charge in [0.1, 0.15) is 6.21 Å². The van der Waals surface area contributed by atoms with Gasteiger partial charge in [-0.3, -0.25) is 9.59 Å². The maximum Gasteiger partial charge on any atom is 0.406 e. The molecular weight excluding hydrogens is 466 g/mol. The second kappa shape index (κ2) is 18.8. The first kappa shape index (κ1) is 31.4. The Balaban J connectivity index is 5.33. The highest BCUT2D eigenvalue weighted by Crippen LogP contribution is 2.26. The number of carbonyl (C=O) groups excluding carboxylic acids is 5. The van der Waals surface area contributed by atoms with E-state index in [0.717, 1.165) is 6.21 Å². The third-order valence-electron chi connectivity index (χ3n) is 4.62. The first-order valence-corrected chi connectivity index (χ1v) is 11.2. The van der Waals surface area contributed by atoms with Crippen molar-refractivity contribution >= 4 is 36.2 Å². The van der Waals surface area contributed by atoms with Crippen LogP contribution in [-0.2, 0) is 28.6 Å². The summed E-state index contributed by atoms with van der Waals surface area (Å²) in [6.45, 7) is 1.20. The molecule has 0 fully saturated rings. The minimum Gasteiger partial charge on any atom is -0.450 e. The number of hydrogen-bond acceptors (Lipinski definition) is 10. The molecule has 0 aromatic carbocycles.